The van der Waals surface area contributed by atoms with Crippen LogP contribution in [0.15, 0.2) is 40.9 Å². The van der Waals surface area contributed by atoms with Crippen molar-refractivity contribution < 1.29 is 18.3 Å². The fourth-order valence-corrected chi connectivity index (χ4v) is 1.82. The number of hydrogen-bond donors (Lipinski definition) is 1. The summed E-state index contributed by atoms with van der Waals surface area (Å²) in [7, 11) is 1.31. The topological polar surface area (TPSA) is 38.3 Å². The third kappa shape index (κ3) is 3.14. The van der Waals surface area contributed by atoms with Crippen molar-refractivity contribution in [3.8, 4) is 5.75 Å². The molecule has 2 aromatic rings. The lowest BCUT2D eigenvalue weighted by molar-refractivity contribution is 0.102. The SMILES string of the molecule is COc1cc(C(=O)Nc2ccc(Br)c(F)c2)ccc1F. The molecule has 1 N–H and O–H groups in total. The lowest BCUT2D eigenvalue weighted by Crippen LogP contribution is -2.12. The summed E-state index contributed by atoms with van der Waals surface area (Å²) in [5.41, 5.74) is 0.519. The van der Waals surface area contributed by atoms with Gasteiger partial charge in [0.25, 0.3) is 5.91 Å². The number of methoxy groups -OCH3 is 1. The van der Waals surface area contributed by atoms with Crippen molar-refractivity contribution in [1.82, 2.24) is 0 Å². The normalized spacial score (nSPS) is 10.2. The van der Waals surface area contributed by atoms with Crippen molar-refractivity contribution in [2.24, 2.45) is 0 Å². The maximum Gasteiger partial charge on any atom is 0.255 e. The number of carbonyl (C=O) groups is 1. The smallest absolute Gasteiger partial charge is 0.255 e. The molecule has 0 aliphatic heterocycles. The fourth-order valence-electron chi connectivity index (χ4n) is 1.58. The van der Waals surface area contributed by atoms with Crippen LogP contribution in [-0.2, 0) is 0 Å². The molecule has 0 heterocycles. The molecule has 2 aromatic carbocycles. The Kier molecular flexibility index (Phi) is 4.34. The Bertz CT molecular complexity index is 662. The van der Waals surface area contributed by atoms with Crippen molar-refractivity contribution in [2.75, 3.05) is 12.4 Å². The highest BCUT2D eigenvalue weighted by molar-refractivity contribution is 9.10. The van der Waals surface area contributed by atoms with E-state index in [4.69, 9.17) is 4.74 Å². The van der Waals surface area contributed by atoms with Crippen LogP contribution in [0.25, 0.3) is 0 Å². The van der Waals surface area contributed by atoms with Gasteiger partial charge in [-0.2, -0.15) is 0 Å². The zero-order valence-corrected chi connectivity index (χ0v) is 12.0. The van der Waals surface area contributed by atoms with Crippen LogP contribution >= 0.6 is 15.9 Å². The first-order chi connectivity index (χ1) is 9.51. The minimum atomic E-state index is -0.557. The number of anilines is 1. The molecule has 6 heteroatoms. The van der Waals surface area contributed by atoms with Gasteiger partial charge >= 0.3 is 0 Å². The van der Waals surface area contributed by atoms with Gasteiger partial charge in [0.05, 0.1) is 11.6 Å². The molecule has 0 bridgehead atoms. The molecule has 0 saturated heterocycles. The Hall–Kier alpha value is -1.95. The molecule has 0 spiro atoms. The van der Waals surface area contributed by atoms with Gasteiger partial charge in [-0.05, 0) is 52.3 Å². The summed E-state index contributed by atoms with van der Waals surface area (Å²) in [6.45, 7) is 0. The van der Waals surface area contributed by atoms with E-state index in [2.05, 4.69) is 21.2 Å². The van der Waals surface area contributed by atoms with Crippen LogP contribution in [-0.4, -0.2) is 13.0 Å². The first kappa shape index (κ1) is 14.5. The molecule has 2 rings (SSSR count). The maximum atomic E-state index is 13.3. The van der Waals surface area contributed by atoms with Gasteiger partial charge in [0.2, 0.25) is 0 Å². The van der Waals surface area contributed by atoms with Gasteiger partial charge < -0.3 is 10.1 Å². The van der Waals surface area contributed by atoms with Gasteiger partial charge in [-0.15, -0.1) is 0 Å². The summed E-state index contributed by atoms with van der Waals surface area (Å²) < 4.78 is 31.7. The molecule has 0 atom stereocenters. The van der Waals surface area contributed by atoms with Crippen molar-refractivity contribution in [2.45, 2.75) is 0 Å². The van der Waals surface area contributed by atoms with Crippen LogP contribution in [0.4, 0.5) is 14.5 Å². The highest BCUT2D eigenvalue weighted by Crippen LogP contribution is 2.21. The van der Waals surface area contributed by atoms with Crippen LogP contribution in [0.5, 0.6) is 5.75 Å². The van der Waals surface area contributed by atoms with Crippen molar-refractivity contribution >= 4 is 27.5 Å². The van der Waals surface area contributed by atoms with Crippen LogP contribution in [0.1, 0.15) is 10.4 Å². The average molecular weight is 342 g/mol. The summed E-state index contributed by atoms with van der Waals surface area (Å²) in [6.07, 6.45) is 0. The lowest BCUT2D eigenvalue weighted by Gasteiger charge is -2.08. The lowest BCUT2D eigenvalue weighted by atomic mass is 10.2. The largest absolute Gasteiger partial charge is 0.494 e. The third-order valence-corrected chi connectivity index (χ3v) is 3.23. The van der Waals surface area contributed by atoms with E-state index in [1.165, 1.54) is 31.4 Å². The second-order valence-corrected chi connectivity index (χ2v) is 4.79. The van der Waals surface area contributed by atoms with E-state index in [0.29, 0.717) is 10.2 Å². The van der Waals surface area contributed by atoms with Crippen LogP contribution in [0.3, 0.4) is 0 Å². The summed E-state index contributed by atoms with van der Waals surface area (Å²) in [4.78, 5) is 12.0. The number of ether oxygens (including phenoxy) is 1. The highest BCUT2D eigenvalue weighted by Gasteiger charge is 2.11. The second kappa shape index (κ2) is 6.00. The van der Waals surface area contributed by atoms with Gasteiger partial charge in [0.15, 0.2) is 11.6 Å². The molecule has 3 nitrogen and oxygen atoms in total. The first-order valence-electron chi connectivity index (χ1n) is 5.61. The van der Waals surface area contributed by atoms with Crippen LogP contribution in [0.2, 0.25) is 0 Å². The Balaban J connectivity index is 2.21. The quantitative estimate of drug-likeness (QED) is 0.916. The van der Waals surface area contributed by atoms with Gasteiger partial charge in [0.1, 0.15) is 5.82 Å². The highest BCUT2D eigenvalue weighted by atomic mass is 79.9. The first-order valence-corrected chi connectivity index (χ1v) is 6.40. The zero-order chi connectivity index (χ0) is 14.7. The summed E-state index contributed by atoms with van der Waals surface area (Å²) in [5, 5.41) is 2.52. The van der Waals surface area contributed by atoms with E-state index in [-0.39, 0.29) is 11.3 Å². The van der Waals surface area contributed by atoms with E-state index in [9.17, 15) is 13.6 Å². The monoisotopic (exact) mass is 341 g/mol. The average Bonchev–Trinajstić information content (AvgIpc) is 2.43. The maximum absolute atomic E-state index is 13.3. The van der Waals surface area contributed by atoms with Crippen molar-refractivity contribution in [3.05, 3.63) is 58.1 Å². The standard InChI is InChI=1S/C14H10BrF2NO2/c1-20-13-6-8(2-5-11(13)16)14(19)18-9-3-4-10(15)12(17)7-9/h2-7H,1H3,(H,18,19). The van der Waals surface area contributed by atoms with E-state index in [0.717, 1.165) is 6.07 Å². The zero-order valence-electron chi connectivity index (χ0n) is 10.4. The predicted octanol–water partition coefficient (Wildman–Crippen LogP) is 3.99. The van der Waals surface area contributed by atoms with Crippen molar-refractivity contribution in [3.63, 3.8) is 0 Å². The molecule has 0 unspecified atom stereocenters. The number of rotatable bonds is 3. The Labute approximate surface area is 122 Å². The Morgan fingerprint density at radius 3 is 2.55 bits per heavy atom. The summed E-state index contributed by atoms with van der Waals surface area (Å²) in [6, 6.07) is 7.95. The van der Waals surface area contributed by atoms with Gasteiger partial charge in [-0.1, -0.05) is 0 Å². The van der Waals surface area contributed by atoms with E-state index in [1.807, 2.05) is 0 Å². The second-order valence-electron chi connectivity index (χ2n) is 3.93. The number of carbonyl (C=O) groups excluding carboxylic acids is 1. The Morgan fingerprint density at radius 1 is 1.15 bits per heavy atom. The van der Waals surface area contributed by atoms with Crippen molar-refractivity contribution in [1.29, 1.82) is 0 Å². The molecule has 1 amide bonds. The molecule has 0 aliphatic rings. The number of benzene rings is 2. The molecule has 0 radical (unpaired) electrons. The van der Waals surface area contributed by atoms with E-state index in [1.54, 1.807) is 6.07 Å². The summed E-state index contributed by atoms with van der Waals surface area (Å²) >= 11 is 3.02. The molecular formula is C14H10BrF2NO2. The minimum Gasteiger partial charge on any atom is -0.494 e. The summed E-state index contributed by atoms with van der Waals surface area (Å²) in [5.74, 6) is -1.55. The molecule has 0 aromatic heterocycles. The number of nitrogens with one attached hydrogen (secondary N) is 1. The molecule has 0 fully saturated rings. The minimum absolute atomic E-state index is 0.0281. The molecular weight excluding hydrogens is 332 g/mol. The van der Waals surface area contributed by atoms with Crippen LogP contribution in [0, 0.1) is 11.6 Å². The molecule has 0 aliphatic carbocycles. The van der Waals surface area contributed by atoms with E-state index >= 15 is 0 Å². The van der Waals surface area contributed by atoms with Gasteiger partial charge in [0, 0.05) is 11.3 Å². The fraction of sp³-hybridized carbons (Fsp3) is 0.0714. The Morgan fingerprint density at radius 2 is 1.90 bits per heavy atom. The number of halogens is 3. The third-order valence-electron chi connectivity index (χ3n) is 2.59. The van der Waals surface area contributed by atoms with Gasteiger partial charge in [-0.3, -0.25) is 4.79 Å². The van der Waals surface area contributed by atoms with E-state index < -0.39 is 17.5 Å². The van der Waals surface area contributed by atoms with Crippen LogP contribution < -0.4 is 10.1 Å². The number of hydrogen-bond acceptors (Lipinski definition) is 2. The molecule has 104 valence electrons. The molecule has 0 saturated carbocycles. The number of amides is 1. The van der Waals surface area contributed by atoms with Gasteiger partial charge in [-0.25, -0.2) is 8.78 Å². The molecule has 20 heavy (non-hydrogen) atoms. The predicted molar refractivity (Wildman–Crippen MR) is 75.0 cm³/mol.